The van der Waals surface area contributed by atoms with Crippen molar-refractivity contribution < 1.29 is 4.79 Å². The molecule has 0 bridgehead atoms. The van der Waals surface area contributed by atoms with Crippen LogP contribution in [-0.4, -0.2) is 52.9 Å². The Balaban J connectivity index is 1.67. The summed E-state index contributed by atoms with van der Waals surface area (Å²) in [6.07, 6.45) is 3.51. The average molecular weight is 390 g/mol. The van der Waals surface area contributed by atoms with Crippen molar-refractivity contribution in [1.29, 1.82) is 5.26 Å². The Morgan fingerprint density at radius 3 is 2.41 bits per heavy atom. The summed E-state index contributed by atoms with van der Waals surface area (Å²) in [6.45, 7) is 7.54. The minimum absolute atomic E-state index is 0.000425. The third-order valence-corrected chi connectivity index (χ3v) is 5.03. The number of carbonyl (C=O) groups excluding carboxylic acids is 1. The van der Waals surface area contributed by atoms with Crippen LogP contribution in [0.25, 0.3) is 0 Å². The highest BCUT2D eigenvalue weighted by Crippen LogP contribution is 2.16. The van der Waals surface area contributed by atoms with E-state index in [2.05, 4.69) is 20.9 Å². The Bertz CT molecular complexity index is 865. The lowest BCUT2D eigenvalue weighted by Crippen LogP contribution is -2.45. The van der Waals surface area contributed by atoms with Gasteiger partial charge in [-0.1, -0.05) is 36.4 Å². The van der Waals surface area contributed by atoms with Gasteiger partial charge in [-0.2, -0.15) is 5.26 Å². The van der Waals surface area contributed by atoms with Crippen LogP contribution in [0.2, 0.25) is 0 Å². The van der Waals surface area contributed by atoms with E-state index in [1.165, 1.54) is 0 Å². The van der Waals surface area contributed by atoms with E-state index in [4.69, 9.17) is 0 Å². The largest absolute Gasteiger partial charge is 0.373 e. The van der Waals surface area contributed by atoms with E-state index < -0.39 is 0 Å². The Morgan fingerprint density at radius 2 is 1.83 bits per heavy atom. The molecule has 1 aromatic carbocycles. The van der Waals surface area contributed by atoms with Crippen LogP contribution in [0.4, 0.5) is 5.82 Å². The second-order valence-electron chi connectivity index (χ2n) is 7.38. The third kappa shape index (κ3) is 5.35. The van der Waals surface area contributed by atoms with E-state index in [1.54, 1.807) is 17.3 Å². The highest BCUT2D eigenvalue weighted by Gasteiger charge is 2.23. The maximum Gasteiger partial charge on any atom is 0.266 e. The average Bonchev–Trinajstić information content (AvgIpc) is 2.77. The van der Waals surface area contributed by atoms with Crippen LogP contribution in [0.3, 0.4) is 0 Å². The number of aromatic nitrogens is 1. The minimum atomic E-state index is -0.224. The lowest BCUT2D eigenvalue weighted by atomic mass is 10.1. The van der Waals surface area contributed by atoms with Gasteiger partial charge in [-0.05, 0) is 31.5 Å². The zero-order chi connectivity index (χ0) is 20.6. The molecule has 0 atom stereocenters. The molecule has 0 aliphatic carbocycles. The van der Waals surface area contributed by atoms with Crippen molar-refractivity contribution in [2.24, 2.45) is 0 Å². The highest BCUT2D eigenvalue weighted by atomic mass is 16.2. The van der Waals surface area contributed by atoms with Gasteiger partial charge in [0, 0.05) is 51.2 Å². The summed E-state index contributed by atoms with van der Waals surface area (Å²) in [5, 5.41) is 9.64. The first-order chi connectivity index (χ1) is 14.1. The lowest BCUT2D eigenvalue weighted by Gasteiger charge is -2.35. The summed E-state index contributed by atoms with van der Waals surface area (Å²) in [7, 11) is 0. The van der Waals surface area contributed by atoms with E-state index in [0.717, 1.165) is 37.6 Å². The van der Waals surface area contributed by atoms with Gasteiger partial charge in [-0.3, -0.25) is 4.79 Å². The van der Waals surface area contributed by atoms with Gasteiger partial charge in [0.15, 0.2) is 0 Å². The molecule has 0 unspecified atom stereocenters. The van der Waals surface area contributed by atoms with Crippen LogP contribution in [-0.2, 0) is 11.3 Å². The van der Waals surface area contributed by atoms with E-state index in [-0.39, 0.29) is 17.5 Å². The number of amides is 1. The molecule has 0 saturated carbocycles. The second kappa shape index (κ2) is 9.74. The fourth-order valence-electron chi connectivity index (χ4n) is 3.36. The molecule has 0 radical (unpaired) electrons. The number of hydrogen-bond donors (Lipinski definition) is 0. The van der Waals surface area contributed by atoms with Gasteiger partial charge in [-0.15, -0.1) is 0 Å². The molecule has 29 heavy (non-hydrogen) atoms. The SMILES string of the molecule is CC(C)N(Cc1ccccc1)C(=O)/C(C#N)=C\N1CCN(c2ccccn2)CC1. The molecule has 1 amide bonds. The summed E-state index contributed by atoms with van der Waals surface area (Å²) in [6, 6.07) is 17.9. The number of pyridine rings is 1. The van der Waals surface area contributed by atoms with Crippen LogP contribution in [0, 0.1) is 11.3 Å². The molecule has 6 nitrogen and oxygen atoms in total. The summed E-state index contributed by atoms with van der Waals surface area (Å²) in [5.41, 5.74) is 1.23. The molecule has 6 heteroatoms. The molecule has 0 spiro atoms. The van der Waals surface area contributed by atoms with Crippen LogP contribution >= 0.6 is 0 Å². The number of piperazine rings is 1. The van der Waals surface area contributed by atoms with Crippen LogP contribution in [0.5, 0.6) is 0 Å². The lowest BCUT2D eigenvalue weighted by molar-refractivity contribution is -0.129. The van der Waals surface area contributed by atoms with Gasteiger partial charge in [0.25, 0.3) is 5.91 Å². The van der Waals surface area contributed by atoms with Crippen molar-refractivity contribution in [2.45, 2.75) is 26.4 Å². The molecule has 1 aliphatic heterocycles. The maximum absolute atomic E-state index is 13.1. The molecule has 1 saturated heterocycles. The summed E-state index contributed by atoms with van der Waals surface area (Å²) in [5.74, 6) is 0.736. The summed E-state index contributed by atoms with van der Waals surface area (Å²) in [4.78, 5) is 23.5. The van der Waals surface area contributed by atoms with E-state index >= 15 is 0 Å². The Hall–Kier alpha value is -3.33. The number of anilines is 1. The van der Waals surface area contributed by atoms with Gasteiger partial charge in [-0.25, -0.2) is 4.98 Å². The number of nitriles is 1. The van der Waals surface area contributed by atoms with Crippen molar-refractivity contribution in [2.75, 3.05) is 31.1 Å². The molecule has 3 rings (SSSR count). The summed E-state index contributed by atoms with van der Waals surface area (Å²) >= 11 is 0. The van der Waals surface area contributed by atoms with Crippen molar-refractivity contribution in [3.05, 3.63) is 72.1 Å². The Kier molecular flexibility index (Phi) is 6.85. The summed E-state index contributed by atoms with van der Waals surface area (Å²) < 4.78 is 0. The highest BCUT2D eigenvalue weighted by molar-refractivity contribution is 5.97. The molecule has 0 N–H and O–H groups in total. The standard InChI is InChI=1S/C23H27N5O/c1-19(2)28(17-20-8-4-3-5-9-20)23(29)21(16-24)18-26-12-14-27(15-13-26)22-10-6-7-11-25-22/h3-11,18-19H,12-15,17H2,1-2H3/b21-18-. The first-order valence-electron chi connectivity index (χ1n) is 9.95. The molecule has 1 aromatic heterocycles. The Morgan fingerprint density at radius 1 is 1.14 bits per heavy atom. The molecule has 2 heterocycles. The van der Waals surface area contributed by atoms with E-state index in [9.17, 15) is 10.1 Å². The number of nitrogens with zero attached hydrogens (tertiary/aromatic N) is 5. The predicted octanol–water partition coefficient (Wildman–Crippen LogP) is 3.05. The van der Waals surface area contributed by atoms with Gasteiger partial charge in [0.1, 0.15) is 17.5 Å². The van der Waals surface area contributed by atoms with E-state index in [1.807, 2.05) is 62.4 Å². The zero-order valence-electron chi connectivity index (χ0n) is 17.0. The topological polar surface area (TPSA) is 63.5 Å². The minimum Gasteiger partial charge on any atom is -0.373 e. The number of hydrogen-bond acceptors (Lipinski definition) is 5. The molecule has 2 aromatic rings. The van der Waals surface area contributed by atoms with Crippen LogP contribution < -0.4 is 4.90 Å². The van der Waals surface area contributed by atoms with Gasteiger partial charge < -0.3 is 14.7 Å². The fraction of sp³-hybridized carbons (Fsp3) is 0.348. The smallest absolute Gasteiger partial charge is 0.266 e. The third-order valence-electron chi connectivity index (χ3n) is 5.03. The zero-order valence-corrected chi connectivity index (χ0v) is 17.0. The van der Waals surface area contributed by atoms with Gasteiger partial charge in [0.2, 0.25) is 0 Å². The van der Waals surface area contributed by atoms with Gasteiger partial charge >= 0.3 is 0 Å². The maximum atomic E-state index is 13.1. The van der Waals surface area contributed by atoms with Gasteiger partial charge in [0.05, 0.1) is 0 Å². The predicted molar refractivity (Wildman–Crippen MR) is 114 cm³/mol. The monoisotopic (exact) mass is 389 g/mol. The molecular weight excluding hydrogens is 362 g/mol. The number of rotatable bonds is 6. The fourth-order valence-corrected chi connectivity index (χ4v) is 3.36. The first-order valence-corrected chi connectivity index (χ1v) is 9.95. The number of carbonyl (C=O) groups is 1. The molecule has 150 valence electrons. The van der Waals surface area contributed by atoms with Crippen LogP contribution in [0.15, 0.2) is 66.5 Å². The van der Waals surface area contributed by atoms with E-state index in [0.29, 0.717) is 6.54 Å². The number of benzene rings is 1. The Labute approximate surface area is 172 Å². The quantitative estimate of drug-likeness (QED) is 0.561. The normalized spacial score (nSPS) is 14.6. The van der Waals surface area contributed by atoms with Crippen molar-refractivity contribution in [3.8, 4) is 6.07 Å². The first kappa shape index (κ1) is 20.4. The van der Waals surface area contributed by atoms with Crippen molar-refractivity contribution >= 4 is 11.7 Å². The van der Waals surface area contributed by atoms with Crippen molar-refractivity contribution in [3.63, 3.8) is 0 Å². The molecule has 1 fully saturated rings. The van der Waals surface area contributed by atoms with Crippen molar-refractivity contribution in [1.82, 2.24) is 14.8 Å². The molecular formula is C23H27N5O. The second-order valence-corrected chi connectivity index (χ2v) is 7.38. The van der Waals surface area contributed by atoms with Crippen LogP contribution in [0.1, 0.15) is 19.4 Å². The molecule has 1 aliphatic rings.